The molecule has 16 heavy (non-hydrogen) atoms. The minimum absolute atomic E-state index is 0.179. The second-order valence-corrected chi connectivity index (χ2v) is 5.73. The van der Waals surface area contributed by atoms with Crippen molar-refractivity contribution in [1.29, 1.82) is 0 Å². The average Bonchev–Trinajstić information content (AvgIpc) is 2.25. The van der Waals surface area contributed by atoms with E-state index in [0.717, 1.165) is 12.3 Å². The van der Waals surface area contributed by atoms with E-state index in [4.69, 9.17) is 10.5 Å². The van der Waals surface area contributed by atoms with Gasteiger partial charge < -0.3 is 10.5 Å². The van der Waals surface area contributed by atoms with Crippen molar-refractivity contribution in [3.8, 4) is 5.75 Å². The SMILES string of the molecule is COc1cccc(C2(CN)CC(C)(C)C2)c1. The van der Waals surface area contributed by atoms with E-state index < -0.39 is 0 Å². The molecule has 1 aromatic carbocycles. The number of ether oxygens (including phenoxy) is 1. The molecule has 0 radical (unpaired) electrons. The summed E-state index contributed by atoms with van der Waals surface area (Å²) in [5, 5.41) is 0. The maximum atomic E-state index is 5.97. The number of rotatable bonds is 3. The number of methoxy groups -OCH3 is 1. The van der Waals surface area contributed by atoms with Crippen molar-refractivity contribution in [2.45, 2.75) is 32.1 Å². The predicted molar refractivity (Wildman–Crippen MR) is 66.7 cm³/mol. The molecule has 0 heterocycles. The summed E-state index contributed by atoms with van der Waals surface area (Å²) in [5.41, 5.74) is 7.91. The zero-order chi connectivity index (χ0) is 11.8. The molecule has 0 aliphatic heterocycles. The van der Waals surface area contributed by atoms with E-state index in [1.165, 1.54) is 18.4 Å². The zero-order valence-electron chi connectivity index (χ0n) is 10.4. The van der Waals surface area contributed by atoms with Crippen LogP contribution in [0.15, 0.2) is 24.3 Å². The van der Waals surface area contributed by atoms with Crippen LogP contribution in [0.3, 0.4) is 0 Å². The van der Waals surface area contributed by atoms with Crippen molar-refractivity contribution in [1.82, 2.24) is 0 Å². The van der Waals surface area contributed by atoms with Gasteiger partial charge in [-0.05, 0) is 36.0 Å². The molecule has 0 bridgehead atoms. The Morgan fingerprint density at radius 1 is 1.31 bits per heavy atom. The van der Waals surface area contributed by atoms with E-state index in [-0.39, 0.29) is 5.41 Å². The van der Waals surface area contributed by atoms with Crippen LogP contribution >= 0.6 is 0 Å². The van der Waals surface area contributed by atoms with Crippen LogP contribution in [-0.4, -0.2) is 13.7 Å². The minimum atomic E-state index is 0.179. The molecule has 1 aliphatic carbocycles. The smallest absolute Gasteiger partial charge is 0.119 e. The first-order valence-electron chi connectivity index (χ1n) is 5.86. The Morgan fingerprint density at radius 3 is 2.50 bits per heavy atom. The highest BCUT2D eigenvalue weighted by atomic mass is 16.5. The van der Waals surface area contributed by atoms with Gasteiger partial charge in [0.15, 0.2) is 0 Å². The third-order valence-electron chi connectivity index (χ3n) is 3.71. The van der Waals surface area contributed by atoms with Gasteiger partial charge in [-0.25, -0.2) is 0 Å². The number of benzene rings is 1. The van der Waals surface area contributed by atoms with Crippen LogP contribution in [0, 0.1) is 5.41 Å². The maximum absolute atomic E-state index is 5.97. The monoisotopic (exact) mass is 219 g/mol. The van der Waals surface area contributed by atoms with Crippen LogP contribution in [0.25, 0.3) is 0 Å². The normalized spacial score (nSPS) is 21.2. The molecule has 2 heteroatoms. The van der Waals surface area contributed by atoms with Crippen molar-refractivity contribution in [3.63, 3.8) is 0 Å². The van der Waals surface area contributed by atoms with Gasteiger partial charge in [0.25, 0.3) is 0 Å². The quantitative estimate of drug-likeness (QED) is 0.848. The van der Waals surface area contributed by atoms with Crippen molar-refractivity contribution >= 4 is 0 Å². The van der Waals surface area contributed by atoms with Gasteiger partial charge in [-0.15, -0.1) is 0 Å². The number of hydrogen-bond acceptors (Lipinski definition) is 2. The average molecular weight is 219 g/mol. The Labute approximate surface area is 97.8 Å². The molecule has 1 saturated carbocycles. The molecule has 88 valence electrons. The molecule has 2 rings (SSSR count). The molecule has 0 spiro atoms. The van der Waals surface area contributed by atoms with Crippen LogP contribution in [0.1, 0.15) is 32.3 Å². The fraction of sp³-hybridized carbons (Fsp3) is 0.571. The zero-order valence-corrected chi connectivity index (χ0v) is 10.4. The van der Waals surface area contributed by atoms with Crippen LogP contribution in [0.4, 0.5) is 0 Å². The standard InChI is InChI=1S/C14H21NO/c1-13(2)8-14(9-13,10-15)11-5-4-6-12(7-11)16-3/h4-7H,8-10,15H2,1-3H3. The van der Waals surface area contributed by atoms with Crippen molar-refractivity contribution in [2.75, 3.05) is 13.7 Å². The molecule has 2 N–H and O–H groups in total. The van der Waals surface area contributed by atoms with E-state index in [1.54, 1.807) is 7.11 Å². The van der Waals surface area contributed by atoms with E-state index >= 15 is 0 Å². The van der Waals surface area contributed by atoms with Crippen molar-refractivity contribution in [2.24, 2.45) is 11.1 Å². The van der Waals surface area contributed by atoms with Gasteiger partial charge in [-0.1, -0.05) is 26.0 Å². The van der Waals surface area contributed by atoms with E-state index in [1.807, 2.05) is 6.07 Å². The molecule has 1 fully saturated rings. The summed E-state index contributed by atoms with van der Waals surface area (Å²) in [6.07, 6.45) is 2.34. The number of nitrogens with two attached hydrogens (primary N) is 1. The predicted octanol–water partition coefficient (Wildman–Crippen LogP) is 2.71. The van der Waals surface area contributed by atoms with Gasteiger partial charge in [0.05, 0.1) is 7.11 Å². The lowest BCUT2D eigenvalue weighted by Crippen LogP contribution is -2.51. The first-order valence-corrected chi connectivity index (χ1v) is 5.86. The highest BCUT2D eigenvalue weighted by Gasteiger charge is 2.49. The Bertz CT molecular complexity index is 376. The molecule has 0 amide bonds. The highest BCUT2D eigenvalue weighted by Crippen LogP contribution is 2.54. The molecular formula is C14H21NO. The molecule has 0 saturated heterocycles. The Kier molecular flexibility index (Phi) is 2.70. The second-order valence-electron chi connectivity index (χ2n) is 5.73. The third kappa shape index (κ3) is 1.82. The number of hydrogen-bond donors (Lipinski definition) is 1. The summed E-state index contributed by atoms with van der Waals surface area (Å²) in [5.74, 6) is 0.926. The van der Waals surface area contributed by atoms with Crippen LogP contribution in [0.5, 0.6) is 5.75 Å². The van der Waals surface area contributed by atoms with Crippen LogP contribution < -0.4 is 10.5 Å². The topological polar surface area (TPSA) is 35.2 Å². The summed E-state index contributed by atoms with van der Waals surface area (Å²) in [4.78, 5) is 0. The summed E-state index contributed by atoms with van der Waals surface area (Å²) >= 11 is 0. The van der Waals surface area contributed by atoms with Gasteiger partial charge in [-0.3, -0.25) is 0 Å². The Morgan fingerprint density at radius 2 is 2.00 bits per heavy atom. The van der Waals surface area contributed by atoms with Crippen LogP contribution in [0.2, 0.25) is 0 Å². The molecule has 0 aromatic heterocycles. The maximum Gasteiger partial charge on any atom is 0.119 e. The minimum Gasteiger partial charge on any atom is -0.497 e. The van der Waals surface area contributed by atoms with Gasteiger partial charge in [0, 0.05) is 12.0 Å². The van der Waals surface area contributed by atoms with Crippen LogP contribution in [-0.2, 0) is 5.41 Å². The lowest BCUT2D eigenvalue weighted by atomic mass is 9.52. The van der Waals surface area contributed by atoms with Gasteiger partial charge in [0.1, 0.15) is 5.75 Å². The summed E-state index contributed by atoms with van der Waals surface area (Å²) < 4.78 is 5.27. The lowest BCUT2D eigenvalue weighted by Gasteiger charge is -2.53. The van der Waals surface area contributed by atoms with Crippen molar-refractivity contribution in [3.05, 3.63) is 29.8 Å². The van der Waals surface area contributed by atoms with Crippen molar-refractivity contribution < 1.29 is 4.74 Å². The molecule has 0 atom stereocenters. The Hall–Kier alpha value is -1.02. The molecule has 1 aromatic rings. The summed E-state index contributed by atoms with van der Waals surface area (Å²) in [6, 6.07) is 8.33. The second kappa shape index (κ2) is 3.77. The lowest BCUT2D eigenvalue weighted by molar-refractivity contribution is 0.0632. The first kappa shape index (κ1) is 11.5. The molecular weight excluding hydrogens is 198 g/mol. The fourth-order valence-electron chi connectivity index (χ4n) is 3.20. The van der Waals surface area contributed by atoms with E-state index in [0.29, 0.717) is 5.41 Å². The van der Waals surface area contributed by atoms with E-state index in [9.17, 15) is 0 Å². The van der Waals surface area contributed by atoms with Gasteiger partial charge >= 0.3 is 0 Å². The van der Waals surface area contributed by atoms with Gasteiger partial charge in [0.2, 0.25) is 0 Å². The summed E-state index contributed by atoms with van der Waals surface area (Å²) in [7, 11) is 1.71. The fourth-order valence-corrected chi connectivity index (χ4v) is 3.20. The molecule has 2 nitrogen and oxygen atoms in total. The first-order chi connectivity index (χ1) is 7.51. The highest BCUT2D eigenvalue weighted by molar-refractivity contribution is 5.37. The van der Waals surface area contributed by atoms with Gasteiger partial charge in [-0.2, -0.15) is 0 Å². The molecule has 1 aliphatic rings. The van der Waals surface area contributed by atoms with E-state index in [2.05, 4.69) is 32.0 Å². The summed E-state index contributed by atoms with van der Waals surface area (Å²) in [6.45, 7) is 5.34. The third-order valence-corrected chi connectivity index (χ3v) is 3.71. The Balaban J connectivity index is 2.28. The largest absolute Gasteiger partial charge is 0.497 e. The molecule has 0 unspecified atom stereocenters.